The molecule has 7 atom stereocenters. The highest BCUT2D eigenvalue weighted by molar-refractivity contribution is 5.76. The zero-order valence-corrected chi connectivity index (χ0v) is 53.4. The van der Waals surface area contributed by atoms with Gasteiger partial charge in [-0.3, -0.25) is 4.79 Å². The lowest BCUT2D eigenvalue weighted by molar-refractivity contribution is -0.302. The first-order valence-electron chi connectivity index (χ1n) is 34.6. The summed E-state index contributed by atoms with van der Waals surface area (Å²) < 4.78 is 11.4. The zero-order chi connectivity index (χ0) is 60.0. The van der Waals surface area contributed by atoms with Crippen molar-refractivity contribution in [2.45, 2.75) is 339 Å². The fourth-order valence-corrected chi connectivity index (χ4v) is 10.5. The van der Waals surface area contributed by atoms with Crippen LogP contribution in [0, 0.1) is 0 Å². The Morgan fingerprint density at radius 1 is 0.422 bits per heavy atom. The van der Waals surface area contributed by atoms with Gasteiger partial charge in [0.25, 0.3) is 0 Å². The van der Waals surface area contributed by atoms with Gasteiger partial charge in [0.1, 0.15) is 24.4 Å². The van der Waals surface area contributed by atoms with E-state index in [1.807, 2.05) is 0 Å². The summed E-state index contributed by atoms with van der Waals surface area (Å²) in [7, 11) is 0. The molecule has 0 spiro atoms. The van der Waals surface area contributed by atoms with Gasteiger partial charge in [0, 0.05) is 6.42 Å². The maximum absolute atomic E-state index is 13.1. The number of aliphatic hydroxyl groups excluding tert-OH is 5. The Bertz CT molecular complexity index is 1680. The standard InChI is InChI=1S/C74H129NO8/c1-3-5-7-9-11-13-15-17-19-21-23-25-27-29-30-31-32-33-34-35-36-37-38-40-42-44-46-48-50-52-54-56-58-60-62-64-70(78)75-67(66-82-74-73(81)72(80)71(79)69(65-76)83-74)68(77)63-61-59-57-55-53-51-49-47-45-43-41-39-28-26-24-22-20-18-16-14-12-10-8-6-4-2/h5,7,11,13,17,19,23,25,29-30,32-33,35-36,38,40,44,46,67-69,71-74,76-77,79-81H,3-4,6,8-10,12,14-16,18,20-22,24,26-28,31,34,37,39,41-43,45,47-66H2,1-2H3,(H,75,78)/b7-5-,13-11-,19-17-,25-23-,30-29-,33-32-,36-35-,40-38-,46-44-. The van der Waals surface area contributed by atoms with Crippen molar-refractivity contribution < 1.29 is 39.8 Å². The quantitative estimate of drug-likeness (QED) is 0.0261. The molecule has 0 aromatic carbocycles. The van der Waals surface area contributed by atoms with Gasteiger partial charge in [-0.25, -0.2) is 0 Å². The second-order valence-electron chi connectivity index (χ2n) is 23.6. The summed E-state index contributed by atoms with van der Waals surface area (Å²) in [5, 5.41) is 54.9. The Morgan fingerprint density at radius 2 is 0.747 bits per heavy atom. The van der Waals surface area contributed by atoms with Crippen LogP contribution in [0.15, 0.2) is 109 Å². The second kappa shape index (κ2) is 61.9. The number of ether oxygens (including phenoxy) is 2. The SMILES string of the molecule is CC/C=C\C/C=C\C/C=C\C/C=C\C/C=C\C/C=C\C/C=C\C/C=C\C/C=C\CCCCCCCCCC(=O)NC(COC1OC(CO)C(O)C(O)C1O)C(O)CCCCCCCCCCCCCCCCCCCCCCCCCCC. The molecule has 0 aromatic heterocycles. The van der Waals surface area contributed by atoms with Crippen molar-refractivity contribution in [1.29, 1.82) is 0 Å². The molecule has 1 fully saturated rings. The Kier molecular flexibility index (Phi) is 58.1. The van der Waals surface area contributed by atoms with Crippen molar-refractivity contribution in [3.8, 4) is 0 Å². The lowest BCUT2D eigenvalue weighted by Gasteiger charge is -2.40. The maximum atomic E-state index is 13.1. The van der Waals surface area contributed by atoms with Crippen LogP contribution in [0.3, 0.4) is 0 Å². The number of rotatable bonds is 59. The predicted octanol–water partition coefficient (Wildman–Crippen LogP) is 18.9. The number of nitrogens with one attached hydrogen (secondary N) is 1. The first kappa shape index (κ1) is 77.9. The molecule has 9 heteroatoms. The van der Waals surface area contributed by atoms with E-state index in [9.17, 15) is 30.3 Å². The molecular weight excluding hydrogens is 1030 g/mol. The van der Waals surface area contributed by atoms with Gasteiger partial charge >= 0.3 is 0 Å². The van der Waals surface area contributed by atoms with Gasteiger partial charge in [-0.1, -0.05) is 316 Å². The van der Waals surface area contributed by atoms with Crippen molar-refractivity contribution in [1.82, 2.24) is 5.32 Å². The normalized spacial score (nSPS) is 19.0. The summed E-state index contributed by atoms with van der Waals surface area (Å²) in [6.07, 6.45) is 84.2. The number of hydrogen-bond donors (Lipinski definition) is 6. The molecule has 0 radical (unpaired) electrons. The minimum absolute atomic E-state index is 0.147. The molecule has 9 nitrogen and oxygen atoms in total. The van der Waals surface area contributed by atoms with E-state index in [2.05, 4.69) is 129 Å². The number of hydrogen-bond acceptors (Lipinski definition) is 8. The Labute approximate surface area is 510 Å². The molecule has 1 aliphatic heterocycles. The number of amides is 1. The van der Waals surface area contributed by atoms with Gasteiger partial charge < -0.3 is 40.3 Å². The minimum Gasteiger partial charge on any atom is -0.394 e. The van der Waals surface area contributed by atoms with Crippen molar-refractivity contribution in [3.05, 3.63) is 109 Å². The van der Waals surface area contributed by atoms with Gasteiger partial charge in [0.2, 0.25) is 5.91 Å². The largest absolute Gasteiger partial charge is 0.394 e. The first-order valence-corrected chi connectivity index (χ1v) is 34.6. The summed E-state index contributed by atoms with van der Waals surface area (Å²) in [6, 6.07) is -0.735. The monoisotopic (exact) mass is 1160 g/mol. The van der Waals surface area contributed by atoms with Crippen molar-refractivity contribution >= 4 is 5.91 Å². The number of aliphatic hydroxyl groups is 5. The third-order valence-electron chi connectivity index (χ3n) is 15.9. The minimum atomic E-state index is -1.56. The van der Waals surface area contributed by atoms with Crippen LogP contribution in [0.25, 0.3) is 0 Å². The third kappa shape index (κ3) is 50.7. The number of carbonyl (C=O) groups is 1. The van der Waals surface area contributed by atoms with Gasteiger partial charge in [-0.05, 0) is 83.5 Å². The van der Waals surface area contributed by atoms with Crippen LogP contribution in [0.5, 0.6) is 0 Å². The van der Waals surface area contributed by atoms with E-state index in [-0.39, 0.29) is 12.5 Å². The molecular formula is C74H129NO8. The molecule has 0 aliphatic carbocycles. The molecule has 1 saturated heterocycles. The van der Waals surface area contributed by atoms with E-state index in [4.69, 9.17) is 9.47 Å². The summed E-state index contributed by atoms with van der Waals surface area (Å²) in [6.45, 7) is 3.74. The summed E-state index contributed by atoms with van der Waals surface area (Å²) in [5.41, 5.74) is 0. The topological polar surface area (TPSA) is 149 Å². The van der Waals surface area contributed by atoms with Crippen LogP contribution in [0.4, 0.5) is 0 Å². The molecule has 0 bridgehead atoms. The van der Waals surface area contributed by atoms with Crippen LogP contribution in [0.1, 0.15) is 296 Å². The van der Waals surface area contributed by atoms with Crippen LogP contribution in [-0.4, -0.2) is 87.5 Å². The molecule has 0 aromatic rings. The van der Waals surface area contributed by atoms with Gasteiger partial charge in [0.05, 0.1) is 25.4 Å². The van der Waals surface area contributed by atoms with Gasteiger partial charge in [0.15, 0.2) is 6.29 Å². The molecule has 0 saturated carbocycles. The number of carbonyl (C=O) groups excluding carboxylic acids is 1. The zero-order valence-electron chi connectivity index (χ0n) is 53.4. The second-order valence-corrected chi connectivity index (χ2v) is 23.6. The summed E-state index contributed by atoms with van der Waals surface area (Å²) in [5.74, 6) is -0.156. The lowest BCUT2D eigenvalue weighted by atomic mass is 9.99. The third-order valence-corrected chi connectivity index (χ3v) is 15.9. The summed E-state index contributed by atoms with van der Waals surface area (Å²) >= 11 is 0. The van der Waals surface area contributed by atoms with Crippen molar-refractivity contribution in [3.63, 3.8) is 0 Å². The Morgan fingerprint density at radius 3 is 1.11 bits per heavy atom. The molecule has 1 rings (SSSR count). The van der Waals surface area contributed by atoms with Crippen LogP contribution in [0.2, 0.25) is 0 Å². The molecule has 1 heterocycles. The van der Waals surface area contributed by atoms with Crippen molar-refractivity contribution in [2.75, 3.05) is 13.2 Å². The van der Waals surface area contributed by atoms with Crippen LogP contribution in [-0.2, 0) is 14.3 Å². The van der Waals surface area contributed by atoms with E-state index in [1.165, 1.54) is 161 Å². The number of allylic oxidation sites excluding steroid dienone is 18. The smallest absolute Gasteiger partial charge is 0.220 e. The highest BCUT2D eigenvalue weighted by Gasteiger charge is 2.44. The maximum Gasteiger partial charge on any atom is 0.220 e. The predicted molar refractivity (Wildman–Crippen MR) is 354 cm³/mol. The average Bonchev–Trinajstić information content (AvgIpc) is 3.60. The van der Waals surface area contributed by atoms with Crippen molar-refractivity contribution in [2.24, 2.45) is 0 Å². The highest BCUT2D eigenvalue weighted by Crippen LogP contribution is 2.23. The molecule has 6 N–H and O–H groups in total. The summed E-state index contributed by atoms with van der Waals surface area (Å²) in [4.78, 5) is 13.1. The highest BCUT2D eigenvalue weighted by atomic mass is 16.7. The van der Waals surface area contributed by atoms with E-state index in [0.717, 1.165) is 109 Å². The fraction of sp³-hybridized carbons (Fsp3) is 0.743. The average molecular weight is 1160 g/mol. The van der Waals surface area contributed by atoms with E-state index in [0.29, 0.717) is 12.8 Å². The van der Waals surface area contributed by atoms with E-state index in [1.54, 1.807) is 0 Å². The lowest BCUT2D eigenvalue weighted by Crippen LogP contribution is -2.60. The molecule has 1 amide bonds. The number of unbranched alkanes of at least 4 members (excludes halogenated alkanes) is 31. The van der Waals surface area contributed by atoms with Gasteiger partial charge in [-0.15, -0.1) is 0 Å². The molecule has 83 heavy (non-hydrogen) atoms. The molecule has 1 aliphatic rings. The van der Waals surface area contributed by atoms with Crippen LogP contribution < -0.4 is 5.32 Å². The molecule has 7 unspecified atom stereocenters. The van der Waals surface area contributed by atoms with E-state index < -0.39 is 49.5 Å². The van der Waals surface area contributed by atoms with E-state index >= 15 is 0 Å². The fourth-order valence-electron chi connectivity index (χ4n) is 10.5. The Balaban J connectivity index is 2.17. The first-order chi connectivity index (χ1) is 40.8. The molecule has 478 valence electrons. The van der Waals surface area contributed by atoms with Gasteiger partial charge in [-0.2, -0.15) is 0 Å². The Hall–Kier alpha value is -3.15. The van der Waals surface area contributed by atoms with Crippen LogP contribution >= 0.6 is 0 Å².